The number of nitrogens with one attached hydrogen (secondary N) is 2. The van der Waals surface area contributed by atoms with Crippen LogP contribution in [0.5, 0.6) is 0 Å². The second-order valence-corrected chi connectivity index (χ2v) is 4.96. The number of halogens is 1. The van der Waals surface area contributed by atoms with Crippen LogP contribution in [-0.2, 0) is 10.9 Å². The van der Waals surface area contributed by atoms with Gasteiger partial charge in [0.15, 0.2) is 0 Å². The first-order valence-electron chi connectivity index (χ1n) is 5.67. The molecule has 8 heteroatoms. The van der Waals surface area contributed by atoms with Gasteiger partial charge in [-0.05, 0) is 18.6 Å². The Bertz CT molecular complexity index is 538. The summed E-state index contributed by atoms with van der Waals surface area (Å²) in [6.07, 6.45) is 1.87. The van der Waals surface area contributed by atoms with Gasteiger partial charge in [0.1, 0.15) is 0 Å². The predicted molar refractivity (Wildman–Crippen MR) is 75.7 cm³/mol. The van der Waals surface area contributed by atoms with Crippen molar-refractivity contribution in [3.05, 3.63) is 22.7 Å². The highest BCUT2D eigenvalue weighted by molar-refractivity contribution is 7.73. The Morgan fingerprint density at radius 2 is 2.00 bits per heavy atom. The lowest BCUT2D eigenvalue weighted by Crippen LogP contribution is -2.07. The number of carboxylic acid groups (broad SMARTS) is 1. The number of anilines is 2. The summed E-state index contributed by atoms with van der Waals surface area (Å²) in [5.41, 5.74) is 0.411. The molecule has 0 aromatic heterocycles. The summed E-state index contributed by atoms with van der Waals surface area (Å²) < 4.78 is 23.5. The number of thiol groups is 1. The Morgan fingerprint density at radius 1 is 1.37 bits per heavy atom. The van der Waals surface area contributed by atoms with Crippen LogP contribution in [0.3, 0.4) is 0 Å². The van der Waals surface area contributed by atoms with E-state index in [1.165, 1.54) is 12.1 Å². The standard InChI is InChI=1S/C11H15ClN2O4S/c1-2-3-4-13-8-5-7(11(15)16)6-9(10(8)12)14-19(17)18/h5-6,13,19H,2-4H2,1H3,(H,15,16)(H,14,17,18). The second kappa shape index (κ2) is 7.20. The summed E-state index contributed by atoms with van der Waals surface area (Å²) in [7, 11) is -2.91. The summed E-state index contributed by atoms with van der Waals surface area (Å²) in [4.78, 5) is 11.0. The van der Waals surface area contributed by atoms with Gasteiger partial charge in [0.25, 0.3) is 0 Å². The van der Waals surface area contributed by atoms with Crippen molar-refractivity contribution < 1.29 is 18.3 Å². The topological polar surface area (TPSA) is 95.5 Å². The molecule has 0 aliphatic rings. The van der Waals surface area contributed by atoms with Crippen LogP contribution in [0.4, 0.5) is 11.4 Å². The minimum absolute atomic E-state index is 0.0391. The first-order valence-corrected chi connectivity index (χ1v) is 7.23. The highest BCUT2D eigenvalue weighted by Crippen LogP contribution is 2.32. The van der Waals surface area contributed by atoms with Gasteiger partial charge in [-0.3, -0.25) is 4.72 Å². The van der Waals surface area contributed by atoms with Crippen molar-refractivity contribution in [3.63, 3.8) is 0 Å². The fourth-order valence-corrected chi connectivity index (χ4v) is 2.12. The Hall–Kier alpha value is -1.47. The van der Waals surface area contributed by atoms with E-state index in [2.05, 4.69) is 10.0 Å². The van der Waals surface area contributed by atoms with Crippen molar-refractivity contribution in [2.24, 2.45) is 0 Å². The van der Waals surface area contributed by atoms with E-state index >= 15 is 0 Å². The monoisotopic (exact) mass is 306 g/mol. The minimum atomic E-state index is -2.91. The van der Waals surface area contributed by atoms with Crippen molar-refractivity contribution in [3.8, 4) is 0 Å². The van der Waals surface area contributed by atoms with Gasteiger partial charge in [-0.15, -0.1) is 0 Å². The van der Waals surface area contributed by atoms with Crippen molar-refractivity contribution in [1.82, 2.24) is 0 Å². The molecule has 3 N–H and O–H groups in total. The Morgan fingerprint density at radius 3 is 2.53 bits per heavy atom. The van der Waals surface area contributed by atoms with E-state index in [0.717, 1.165) is 12.8 Å². The summed E-state index contributed by atoms with van der Waals surface area (Å²) in [5, 5.41) is 12.1. The quantitative estimate of drug-likeness (QED) is 0.457. The van der Waals surface area contributed by atoms with Crippen LogP contribution < -0.4 is 10.0 Å². The van der Waals surface area contributed by atoms with Gasteiger partial charge in [0, 0.05) is 6.54 Å². The molecule has 0 atom stereocenters. The van der Waals surface area contributed by atoms with Gasteiger partial charge in [0.05, 0.1) is 22.0 Å². The van der Waals surface area contributed by atoms with Crippen LogP contribution >= 0.6 is 11.6 Å². The van der Waals surface area contributed by atoms with E-state index in [1.54, 1.807) is 0 Å². The second-order valence-electron chi connectivity index (χ2n) is 3.84. The number of rotatable bonds is 7. The van der Waals surface area contributed by atoms with Gasteiger partial charge in [-0.25, -0.2) is 13.2 Å². The Balaban J connectivity index is 3.12. The van der Waals surface area contributed by atoms with Crippen LogP contribution in [0.1, 0.15) is 30.1 Å². The lowest BCUT2D eigenvalue weighted by molar-refractivity contribution is 0.0697. The molecule has 106 valence electrons. The van der Waals surface area contributed by atoms with Gasteiger partial charge >= 0.3 is 5.97 Å². The predicted octanol–water partition coefficient (Wildman–Crippen LogP) is 2.19. The van der Waals surface area contributed by atoms with Crippen LogP contribution in [0.2, 0.25) is 5.02 Å². The summed E-state index contributed by atoms with van der Waals surface area (Å²) >= 11 is 6.02. The molecular formula is C11H15ClN2O4S. The molecule has 0 spiro atoms. The fraction of sp³-hybridized carbons (Fsp3) is 0.364. The van der Waals surface area contributed by atoms with Crippen LogP contribution in [-0.4, -0.2) is 26.0 Å². The summed E-state index contributed by atoms with van der Waals surface area (Å²) in [6.45, 7) is 2.65. The summed E-state index contributed by atoms with van der Waals surface area (Å²) in [6, 6.07) is 2.56. The number of hydrogen-bond acceptors (Lipinski definition) is 4. The van der Waals surface area contributed by atoms with Gasteiger partial charge in [0.2, 0.25) is 10.9 Å². The fourth-order valence-electron chi connectivity index (χ4n) is 1.46. The first-order chi connectivity index (χ1) is 8.95. The smallest absolute Gasteiger partial charge is 0.335 e. The SMILES string of the molecule is CCCCNc1cc(C(=O)O)cc(N[SH](=O)=O)c1Cl. The number of carboxylic acids is 1. The average molecular weight is 307 g/mol. The molecule has 0 aliphatic carbocycles. The molecule has 1 aromatic rings. The molecule has 0 unspecified atom stereocenters. The first kappa shape index (κ1) is 15.6. The van der Waals surface area contributed by atoms with Crippen molar-refractivity contribution in [1.29, 1.82) is 0 Å². The van der Waals surface area contributed by atoms with Gasteiger partial charge in [-0.1, -0.05) is 24.9 Å². The maximum absolute atomic E-state index is 11.0. The van der Waals surface area contributed by atoms with Gasteiger partial charge in [-0.2, -0.15) is 0 Å². The molecule has 0 amide bonds. The number of aromatic carboxylic acids is 1. The third-order valence-electron chi connectivity index (χ3n) is 2.38. The number of carbonyl (C=O) groups is 1. The van der Waals surface area contributed by atoms with E-state index in [0.29, 0.717) is 12.2 Å². The molecule has 0 fully saturated rings. The van der Waals surface area contributed by atoms with E-state index in [1.807, 2.05) is 6.92 Å². The summed E-state index contributed by atoms with van der Waals surface area (Å²) in [5.74, 6) is -1.15. The third kappa shape index (κ3) is 4.60. The largest absolute Gasteiger partial charge is 0.478 e. The molecule has 6 nitrogen and oxygen atoms in total. The van der Waals surface area contributed by atoms with E-state index in [-0.39, 0.29) is 16.3 Å². The van der Waals surface area contributed by atoms with E-state index in [9.17, 15) is 13.2 Å². The zero-order valence-corrected chi connectivity index (χ0v) is 11.9. The molecule has 0 bridgehead atoms. The van der Waals surface area contributed by atoms with Gasteiger partial charge < -0.3 is 10.4 Å². The zero-order valence-electron chi connectivity index (χ0n) is 10.3. The number of benzene rings is 1. The molecule has 19 heavy (non-hydrogen) atoms. The van der Waals surface area contributed by atoms with Crippen molar-refractivity contribution in [2.45, 2.75) is 19.8 Å². The maximum atomic E-state index is 11.0. The normalized spacial score (nSPS) is 10.5. The average Bonchev–Trinajstić information content (AvgIpc) is 2.33. The van der Waals surface area contributed by atoms with Crippen LogP contribution in [0.15, 0.2) is 12.1 Å². The van der Waals surface area contributed by atoms with Crippen molar-refractivity contribution >= 4 is 39.8 Å². The Kier molecular flexibility index (Phi) is 5.91. The maximum Gasteiger partial charge on any atom is 0.335 e. The number of unbranched alkanes of at least 4 members (excludes halogenated alkanes) is 1. The number of hydrogen-bond donors (Lipinski definition) is 4. The third-order valence-corrected chi connectivity index (χ3v) is 3.21. The molecule has 0 aliphatic heterocycles. The molecule has 0 saturated carbocycles. The lowest BCUT2D eigenvalue weighted by atomic mass is 10.1. The highest BCUT2D eigenvalue weighted by Gasteiger charge is 2.13. The highest BCUT2D eigenvalue weighted by atomic mass is 35.5. The van der Waals surface area contributed by atoms with Crippen LogP contribution in [0.25, 0.3) is 0 Å². The molecular weight excluding hydrogens is 292 g/mol. The Labute approximate surface area is 117 Å². The van der Waals surface area contributed by atoms with E-state index in [4.69, 9.17) is 16.7 Å². The van der Waals surface area contributed by atoms with Crippen LogP contribution in [0, 0.1) is 0 Å². The minimum Gasteiger partial charge on any atom is -0.478 e. The van der Waals surface area contributed by atoms with Crippen molar-refractivity contribution in [2.75, 3.05) is 16.6 Å². The molecule has 0 heterocycles. The molecule has 1 aromatic carbocycles. The molecule has 1 rings (SSSR count). The zero-order chi connectivity index (χ0) is 14.4. The molecule has 0 saturated heterocycles. The lowest BCUT2D eigenvalue weighted by Gasteiger charge is -2.12. The molecule has 0 radical (unpaired) electrons. The van der Waals surface area contributed by atoms with E-state index < -0.39 is 16.9 Å².